The molecule has 0 spiro atoms. The molecule has 0 rings (SSSR count). The van der Waals surface area contributed by atoms with Gasteiger partial charge in [0.15, 0.2) is 0 Å². The SMILES string of the molecule is CC=CC=C(C)OCC(O)CO. The van der Waals surface area contributed by atoms with Crippen LogP contribution in [0.4, 0.5) is 0 Å². The molecule has 0 aliphatic carbocycles. The molecule has 3 heteroatoms. The molecule has 70 valence electrons. The van der Waals surface area contributed by atoms with Crippen LogP contribution in [0.15, 0.2) is 24.0 Å². The predicted octanol–water partition coefficient (Wildman–Crippen LogP) is 0.836. The van der Waals surface area contributed by atoms with Crippen LogP contribution in [0.25, 0.3) is 0 Å². The Morgan fingerprint density at radius 1 is 1.58 bits per heavy atom. The van der Waals surface area contributed by atoms with Crippen LogP contribution in [-0.4, -0.2) is 29.5 Å². The zero-order valence-corrected chi connectivity index (χ0v) is 7.53. The largest absolute Gasteiger partial charge is 0.495 e. The lowest BCUT2D eigenvalue weighted by Gasteiger charge is -2.08. The molecule has 0 fully saturated rings. The summed E-state index contributed by atoms with van der Waals surface area (Å²) in [7, 11) is 0. The van der Waals surface area contributed by atoms with E-state index in [9.17, 15) is 0 Å². The highest BCUT2D eigenvalue weighted by molar-refractivity contribution is 5.04. The molecule has 0 radical (unpaired) electrons. The highest BCUT2D eigenvalue weighted by Gasteiger charge is 2.00. The summed E-state index contributed by atoms with van der Waals surface area (Å²) >= 11 is 0. The van der Waals surface area contributed by atoms with Crippen molar-refractivity contribution in [1.82, 2.24) is 0 Å². The van der Waals surface area contributed by atoms with Crippen molar-refractivity contribution < 1.29 is 14.9 Å². The number of allylic oxidation sites excluding steroid dienone is 4. The third kappa shape index (κ3) is 5.95. The van der Waals surface area contributed by atoms with Crippen molar-refractivity contribution in [2.75, 3.05) is 13.2 Å². The molecule has 1 atom stereocenters. The summed E-state index contributed by atoms with van der Waals surface area (Å²) in [6.07, 6.45) is 4.74. The molecule has 0 amide bonds. The van der Waals surface area contributed by atoms with E-state index in [0.29, 0.717) is 0 Å². The molecular formula is C9H16O3. The molecule has 0 aromatic rings. The lowest BCUT2D eigenvalue weighted by Crippen LogP contribution is -2.18. The fraction of sp³-hybridized carbons (Fsp3) is 0.556. The zero-order chi connectivity index (χ0) is 9.40. The average molecular weight is 172 g/mol. The van der Waals surface area contributed by atoms with Crippen molar-refractivity contribution >= 4 is 0 Å². The third-order valence-electron chi connectivity index (χ3n) is 1.24. The molecule has 0 saturated heterocycles. The molecule has 0 saturated carbocycles. The molecule has 0 aromatic heterocycles. The number of rotatable bonds is 5. The van der Waals surface area contributed by atoms with Crippen LogP contribution in [-0.2, 0) is 4.74 Å². The van der Waals surface area contributed by atoms with Crippen LogP contribution in [0.5, 0.6) is 0 Å². The maximum atomic E-state index is 8.91. The highest BCUT2D eigenvalue weighted by atomic mass is 16.5. The van der Waals surface area contributed by atoms with Gasteiger partial charge in [0.25, 0.3) is 0 Å². The van der Waals surface area contributed by atoms with E-state index in [1.54, 1.807) is 13.0 Å². The molecule has 3 nitrogen and oxygen atoms in total. The standard InChI is InChI=1S/C9H16O3/c1-3-4-5-8(2)12-7-9(11)6-10/h3-5,9-11H,6-7H2,1-2H3. The summed E-state index contributed by atoms with van der Waals surface area (Å²) in [5.41, 5.74) is 0. The van der Waals surface area contributed by atoms with Gasteiger partial charge >= 0.3 is 0 Å². The van der Waals surface area contributed by atoms with Crippen molar-refractivity contribution in [3.8, 4) is 0 Å². The first-order valence-electron chi connectivity index (χ1n) is 3.92. The summed E-state index contributed by atoms with van der Waals surface area (Å²) in [6, 6.07) is 0. The van der Waals surface area contributed by atoms with Crippen LogP contribution in [0.1, 0.15) is 13.8 Å². The van der Waals surface area contributed by atoms with E-state index in [1.807, 2.05) is 19.1 Å². The van der Waals surface area contributed by atoms with E-state index < -0.39 is 6.10 Å². The van der Waals surface area contributed by atoms with E-state index in [4.69, 9.17) is 14.9 Å². The molecule has 0 aromatic carbocycles. The van der Waals surface area contributed by atoms with E-state index in [-0.39, 0.29) is 13.2 Å². The fourth-order valence-corrected chi connectivity index (χ4v) is 0.560. The van der Waals surface area contributed by atoms with Crippen LogP contribution in [0, 0.1) is 0 Å². The van der Waals surface area contributed by atoms with Gasteiger partial charge in [0, 0.05) is 0 Å². The molecular weight excluding hydrogens is 156 g/mol. The second-order valence-electron chi connectivity index (χ2n) is 2.45. The van der Waals surface area contributed by atoms with Crippen molar-refractivity contribution in [1.29, 1.82) is 0 Å². The van der Waals surface area contributed by atoms with E-state index in [1.165, 1.54) is 0 Å². The lowest BCUT2D eigenvalue weighted by molar-refractivity contribution is 0.0306. The predicted molar refractivity (Wildman–Crippen MR) is 47.6 cm³/mol. The Kier molecular flexibility index (Phi) is 6.42. The van der Waals surface area contributed by atoms with Gasteiger partial charge in [-0.25, -0.2) is 0 Å². The van der Waals surface area contributed by atoms with E-state index in [0.717, 1.165) is 5.76 Å². The minimum absolute atomic E-state index is 0.135. The van der Waals surface area contributed by atoms with Gasteiger partial charge in [-0.1, -0.05) is 12.2 Å². The maximum absolute atomic E-state index is 8.91. The van der Waals surface area contributed by atoms with Gasteiger partial charge in [0.1, 0.15) is 12.7 Å². The highest BCUT2D eigenvalue weighted by Crippen LogP contribution is 1.97. The average Bonchev–Trinajstić information content (AvgIpc) is 2.10. The molecule has 0 heterocycles. The Hall–Kier alpha value is -0.800. The van der Waals surface area contributed by atoms with Gasteiger partial charge < -0.3 is 14.9 Å². The Morgan fingerprint density at radius 2 is 2.25 bits per heavy atom. The number of ether oxygens (including phenoxy) is 1. The first-order chi connectivity index (χ1) is 5.70. The summed E-state index contributed by atoms with van der Waals surface area (Å²) in [6.45, 7) is 3.57. The Morgan fingerprint density at radius 3 is 2.75 bits per heavy atom. The first-order valence-corrected chi connectivity index (χ1v) is 3.92. The fourth-order valence-electron chi connectivity index (χ4n) is 0.560. The Labute approximate surface area is 73.0 Å². The van der Waals surface area contributed by atoms with Crippen molar-refractivity contribution in [2.24, 2.45) is 0 Å². The van der Waals surface area contributed by atoms with Gasteiger partial charge in [-0.05, 0) is 19.9 Å². The molecule has 0 bridgehead atoms. The summed E-state index contributed by atoms with van der Waals surface area (Å²) in [4.78, 5) is 0. The topological polar surface area (TPSA) is 49.7 Å². The van der Waals surface area contributed by atoms with E-state index in [2.05, 4.69) is 0 Å². The van der Waals surface area contributed by atoms with Gasteiger partial charge in [-0.15, -0.1) is 0 Å². The maximum Gasteiger partial charge on any atom is 0.116 e. The van der Waals surface area contributed by atoms with Crippen LogP contribution in [0.3, 0.4) is 0 Å². The zero-order valence-electron chi connectivity index (χ0n) is 7.53. The van der Waals surface area contributed by atoms with Gasteiger partial charge in [-0.2, -0.15) is 0 Å². The van der Waals surface area contributed by atoms with Crippen molar-refractivity contribution in [3.05, 3.63) is 24.0 Å². The summed E-state index contributed by atoms with van der Waals surface area (Å²) < 4.78 is 5.10. The van der Waals surface area contributed by atoms with Crippen LogP contribution >= 0.6 is 0 Å². The van der Waals surface area contributed by atoms with Crippen LogP contribution < -0.4 is 0 Å². The summed E-state index contributed by atoms with van der Waals surface area (Å²) in [5, 5.41) is 17.4. The minimum Gasteiger partial charge on any atom is -0.495 e. The van der Waals surface area contributed by atoms with Crippen molar-refractivity contribution in [3.63, 3.8) is 0 Å². The van der Waals surface area contributed by atoms with Gasteiger partial charge in [-0.3, -0.25) is 0 Å². The molecule has 0 aliphatic heterocycles. The molecule has 2 N–H and O–H groups in total. The minimum atomic E-state index is -0.793. The monoisotopic (exact) mass is 172 g/mol. The van der Waals surface area contributed by atoms with Crippen LogP contribution in [0.2, 0.25) is 0 Å². The number of aliphatic hydroxyl groups is 2. The van der Waals surface area contributed by atoms with Gasteiger partial charge in [0.05, 0.1) is 12.4 Å². The first kappa shape index (κ1) is 11.2. The number of aliphatic hydroxyl groups excluding tert-OH is 2. The smallest absolute Gasteiger partial charge is 0.116 e. The lowest BCUT2D eigenvalue weighted by atomic mass is 10.4. The molecule has 1 unspecified atom stereocenters. The van der Waals surface area contributed by atoms with Crippen molar-refractivity contribution in [2.45, 2.75) is 20.0 Å². The second-order valence-corrected chi connectivity index (χ2v) is 2.45. The number of hydrogen-bond acceptors (Lipinski definition) is 3. The Balaban J connectivity index is 3.62. The normalized spacial score (nSPS) is 15.2. The molecule has 0 aliphatic rings. The second kappa shape index (κ2) is 6.88. The third-order valence-corrected chi connectivity index (χ3v) is 1.24. The summed E-state index contributed by atoms with van der Waals surface area (Å²) in [5.74, 6) is 0.723. The number of hydrogen-bond donors (Lipinski definition) is 2. The Bertz CT molecular complexity index is 161. The quantitative estimate of drug-likeness (QED) is 0.477. The van der Waals surface area contributed by atoms with E-state index >= 15 is 0 Å². The van der Waals surface area contributed by atoms with Gasteiger partial charge in [0.2, 0.25) is 0 Å². The molecule has 12 heavy (non-hydrogen) atoms.